The van der Waals surface area contributed by atoms with Crippen molar-refractivity contribution in [1.82, 2.24) is 14.4 Å². The van der Waals surface area contributed by atoms with E-state index in [9.17, 15) is 13.2 Å². The largest absolute Gasteiger partial charge is 0.452 e. The lowest BCUT2D eigenvalue weighted by Crippen LogP contribution is -2.40. The molecular formula is C21H21N3O6S. The molecule has 1 aliphatic rings. The number of esters is 1. The van der Waals surface area contributed by atoms with Gasteiger partial charge in [-0.3, -0.25) is 0 Å². The minimum atomic E-state index is -3.71. The van der Waals surface area contributed by atoms with Crippen LogP contribution in [0.15, 0.2) is 57.9 Å². The first-order valence-electron chi connectivity index (χ1n) is 9.68. The van der Waals surface area contributed by atoms with Gasteiger partial charge in [0.1, 0.15) is 0 Å². The number of benzene rings is 2. The monoisotopic (exact) mass is 443 g/mol. The lowest BCUT2D eigenvalue weighted by Gasteiger charge is -2.26. The first kappa shape index (κ1) is 21.2. The summed E-state index contributed by atoms with van der Waals surface area (Å²) < 4.78 is 42.5. The first-order valence-corrected chi connectivity index (χ1v) is 11.1. The molecule has 0 bridgehead atoms. The number of nitrogens with zero attached hydrogens (tertiary/aromatic N) is 3. The number of morpholine rings is 1. The quantitative estimate of drug-likeness (QED) is 0.534. The smallest absolute Gasteiger partial charge is 0.338 e. The molecule has 3 aromatic rings. The van der Waals surface area contributed by atoms with Crippen LogP contribution in [0, 0.1) is 6.92 Å². The fourth-order valence-electron chi connectivity index (χ4n) is 3.06. The van der Waals surface area contributed by atoms with Crippen molar-refractivity contribution >= 4 is 16.0 Å². The van der Waals surface area contributed by atoms with Crippen LogP contribution in [-0.4, -0.2) is 55.1 Å². The number of hydrogen-bond donors (Lipinski definition) is 0. The number of ether oxygens (including phenoxy) is 2. The average Bonchev–Trinajstić information content (AvgIpc) is 3.27. The Hall–Kier alpha value is -3.08. The Balaban J connectivity index is 1.42. The molecule has 0 amide bonds. The molecule has 2 heterocycles. The standard InChI is InChI=1S/C21H21N3O6S/c1-15-5-7-16(8-6-15)20-22-19(30-23-20)14-29-21(25)17-3-2-4-18(13-17)31(26,27)24-9-11-28-12-10-24/h2-8,13H,9-12,14H2,1H3. The molecule has 0 unspecified atom stereocenters. The highest BCUT2D eigenvalue weighted by Gasteiger charge is 2.27. The van der Waals surface area contributed by atoms with Crippen LogP contribution >= 0.6 is 0 Å². The minimum absolute atomic E-state index is 0.0308. The van der Waals surface area contributed by atoms with E-state index in [0.717, 1.165) is 11.1 Å². The summed E-state index contributed by atoms with van der Waals surface area (Å²) in [6.45, 7) is 2.99. The second-order valence-electron chi connectivity index (χ2n) is 7.00. The molecule has 0 spiro atoms. The maximum Gasteiger partial charge on any atom is 0.338 e. The molecule has 0 N–H and O–H groups in total. The molecule has 4 rings (SSSR count). The van der Waals surface area contributed by atoms with Crippen LogP contribution in [0.2, 0.25) is 0 Å². The number of sulfonamides is 1. The molecule has 1 saturated heterocycles. The molecule has 9 nitrogen and oxygen atoms in total. The minimum Gasteiger partial charge on any atom is -0.452 e. The third-order valence-electron chi connectivity index (χ3n) is 4.78. The van der Waals surface area contributed by atoms with Gasteiger partial charge in [-0.15, -0.1) is 0 Å². The zero-order chi connectivity index (χ0) is 21.8. The average molecular weight is 443 g/mol. The number of rotatable bonds is 6. The number of aryl methyl sites for hydroxylation is 1. The maximum absolute atomic E-state index is 12.8. The van der Waals surface area contributed by atoms with Crippen molar-refractivity contribution in [2.24, 2.45) is 0 Å². The molecule has 10 heteroatoms. The summed E-state index contributed by atoms with van der Waals surface area (Å²) in [5, 5.41) is 3.89. The molecule has 0 aliphatic carbocycles. The molecule has 1 aromatic heterocycles. The third kappa shape index (κ3) is 4.82. The Labute approximate surface area is 179 Å². The zero-order valence-corrected chi connectivity index (χ0v) is 17.7. The molecular weight excluding hydrogens is 422 g/mol. The highest BCUT2D eigenvalue weighted by molar-refractivity contribution is 7.89. The van der Waals surface area contributed by atoms with E-state index in [-0.39, 0.29) is 36.0 Å². The van der Waals surface area contributed by atoms with E-state index in [1.807, 2.05) is 31.2 Å². The van der Waals surface area contributed by atoms with Gasteiger partial charge in [0.2, 0.25) is 15.8 Å². The molecule has 1 aliphatic heterocycles. The second-order valence-corrected chi connectivity index (χ2v) is 8.94. The van der Waals surface area contributed by atoms with Crippen LogP contribution in [0.1, 0.15) is 21.8 Å². The van der Waals surface area contributed by atoms with Gasteiger partial charge in [0, 0.05) is 18.7 Å². The Kier molecular flexibility index (Phi) is 6.12. The van der Waals surface area contributed by atoms with Crippen molar-refractivity contribution in [3.8, 4) is 11.4 Å². The van der Waals surface area contributed by atoms with Crippen molar-refractivity contribution in [3.63, 3.8) is 0 Å². The summed E-state index contributed by atoms with van der Waals surface area (Å²) in [7, 11) is -3.71. The zero-order valence-electron chi connectivity index (χ0n) is 16.9. The van der Waals surface area contributed by atoms with Crippen LogP contribution in [0.3, 0.4) is 0 Å². The van der Waals surface area contributed by atoms with E-state index in [1.54, 1.807) is 0 Å². The SMILES string of the molecule is Cc1ccc(-c2noc(COC(=O)c3cccc(S(=O)(=O)N4CCOCC4)c3)n2)cc1. The van der Waals surface area contributed by atoms with Gasteiger partial charge < -0.3 is 14.0 Å². The van der Waals surface area contributed by atoms with E-state index >= 15 is 0 Å². The van der Waals surface area contributed by atoms with Crippen molar-refractivity contribution in [3.05, 3.63) is 65.5 Å². The summed E-state index contributed by atoms with van der Waals surface area (Å²) in [5.41, 5.74) is 2.01. The van der Waals surface area contributed by atoms with E-state index in [0.29, 0.717) is 19.0 Å². The van der Waals surface area contributed by atoms with Gasteiger partial charge in [0.15, 0.2) is 6.61 Å². The van der Waals surface area contributed by atoms with Gasteiger partial charge in [-0.05, 0) is 25.1 Å². The molecule has 2 aromatic carbocycles. The van der Waals surface area contributed by atoms with E-state index in [1.165, 1.54) is 28.6 Å². The predicted octanol–water partition coefficient (Wildman–Crippen LogP) is 2.42. The Morgan fingerprint density at radius 2 is 1.87 bits per heavy atom. The third-order valence-corrected chi connectivity index (χ3v) is 6.68. The summed E-state index contributed by atoms with van der Waals surface area (Å²) in [5.74, 6) is -0.153. The van der Waals surface area contributed by atoms with Crippen LogP contribution in [0.5, 0.6) is 0 Å². The van der Waals surface area contributed by atoms with Crippen LogP contribution in [-0.2, 0) is 26.1 Å². The van der Waals surface area contributed by atoms with Crippen molar-refractivity contribution in [1.29, 1.82) is 0 Å². The van der Waals surface area contributed by atoms with Crippen LogP contribution in [0.4, 0.5) is 0 Å². The number of carbonyl (C=O) groups excluding carboxylic acids is 1. The number of aromatic nitrogens is 2. The molecule has 0 radical (unpaired) electrons. The molecule has 31 heavy (non-hydrogen) atoms. The lowest BCUT2D eigenvalue weighted by atomic mass is 10.1. The predicted molar refractivity (Wildman–Crippen MR) is 110 cm³/mol. The summed E-state index contributed by atoms with van der Waals surface area (Å²) in [4.78, 5) is 16.7. The Morgan fingerprint density at radius 3 is 2.61 bits per heavy atom. The first-order chi connectivity index (χ1) is 14.9. The van der Waals surface area contributed by atoms with E-state index in [4.69, 9.17) is 14.0 Å². The number of carbonyl (C=O) groups is 1. The van der Waals surface area contributed by atoms with Crippen LogP contribution in [0.25, 0.3) is 11.4 Å². The van der Waals surface area contributed by atoms with Crippen molar-refractivity contribution in [2.75, 3.05) is 26.3 Å². The van der Waals surface area contributed by atoms with Crippen molar-refractivity contribution in [2.45, 2.75) is 18.4 Å². The topological polar surface area (TPSA) is 112 Å². The fraction of sp³-hybridized carbons (Fsp3) is 0.286. The Morgan fingerprint density at radius 1 is 1.13 bits per heavy atom. The highest BCUT2D eigenvalue weighted by Crippen LogP contribution is 2.20. The molecule has 162 valence electrons. The Bertz CT molecular complexity index is 1170. The van der Waals surface area contributed by atoms with Gasteiger partial charge >= 0.3 is 5.97 Å². The van der Waals surface area contributed by atoms with Gasteiger partial charge in [0.25, 0.3) is 5.89 Å². The summed E-state index contributed by atoms with van der Waals surface area (Å²) in [6, 6.07) is 13.4. The highest BCUT2D eigenvalue weighted by atomic mass is 32.2. The van der Waals surface area contributed by atoms with Gasteiger partial charge in [-0.1, -0.05) is 41.1 Å². The fourth-order valence-corrected chi connectivity index (χ4v) is 4.52. The molecule has 1 fully saturated rings. The van der Waals surface area contributed by atoms with Gasteiger partial charge in [-0.25, -0.2) is 13.2 Å². The second kappa shape index (κ2) is 8.96. The molecule has 0 saturated carbocycles. The lowest BCUT2D eigenvalue weighted by molar-refractivity contribution is 0.0429. The maximum atomic E-state index is 12.8. The normalized spacial score (nSPS) is 15.0. The summed E-state index contributed by atoms with van der Waals surface area (Å²) in [6.07, 6.45) is 0. The van der Waals surface area contributed by atoms with Gasteiger partial charge in [-0.2, -0.15) is 9.29 Å². The van der Waals surface area contributed by atoms with E-state index in [2.05, 4.69) is 10.1 Å². The number of hydrogen-bond acceptors (Lipinski definition) is 8. The van der Waals surface area contributed by atoms with E-state index < -0.39 is 16.0 Å². The van der Waals surface area contributed by atoms with Gasteiger partial charge in [0.05, 0.1) is 23.7 Å². The summed E-state index contributed by atoms with van der Waals surface area (Å²) >= 11 is 0. The molecule has 0 atom stereocenters. The van der Waals surface area contributed by atoms with Crippen molar-refractivity contribution < 1.29 is 27.2 Å². The van der Waals surface area contributed by atoms with Crippen LogP contribution < -0.4 is 0 Å².